The van der Waals surface area contributed by atoms with E-state index in [-0.39, 0.29) is 5.91 Å². The first-order chi connectivity index (χ1) is 10.6. The number of hydrogen-bond acceptors (Lipinski definition) is 3. The van der Waals surface area contributed by atoms with Crippen molar-refractivity contribution in [2.45, 2.75) is 18.9 Å². The van der Waals surface area contributed by atoms with Crippen molar-refractivity contribution in [3.63, 3.8) is 0 Å². The predicted octanol–water partition coefficient (Wildman–Crippen LogP) is 2.46. The molecule has 1 aliphatic rings. The van der Waals surface area contributed by atoms with Crippen LogP contribution in [0.5, 0.6) is 0 Å². The number of hydrogen-bond donors (Lipinski definition) is 1. The number of amides is 1. The number of halogens is 1. The van der Waals surface area contributed by atoms with Gasteiger partial charge in [-0.05, 0) is 50.2 Å². The Kier molecular flexibility index (Phi) is 4.59. The van der Waals surface area contributed by atoms with Crippen molar-refractivity contribution in [1.82, 2.24) is 20.0 Å². The molecule has 5 nitrogen and oxygen atoms in total. The largest absolute Gasteiger partial charge is 0.337 e. The highest BCUT2D eigenvalue weighted by Gasteiger charge is 2.24. The highest BCUT2D eigenvalue weighted by atomic mass is 79.9. The Labute approximate surface area is 138 Å². The maximum absolute atomic E-state index is 12.6. The third-order valence-electron chi connectivity index (χ3n) is 4.06. The number of rotatable bonds is 3. The summed E-state index contributed by atoms with van der Waals surface area (Å²) in [4.78, 5) is 14.4. The van der Waals surface area contributed by atoms with Gasteiger partial charge in [-0.25, -0.2) is 4.68 Å². The molecule has 0 spiro atoms. The second-order valence-corrected chi connectivity index (χ2v) is 6.44. The van der Waals surface area contributed by atoms with Crippen molar-refractivity contribution < 1.29 is 4.79 Å². The fraction of sp³-hybridized carbons (Fsp3) is 0.375. The molecule has 3 rings (SSSR count). The zero-order valence-corrected chi connectivity index (χ0v) is 14.1. The zero-order chi connectivity index (χ0) is 15.5. The Bertz CT molecular complexity index is 664. The molecule has 116 valence electrons. The average Bonchev–Trinajstić information content (AvgIpc) is 3.04. The first-order valence-electron chi connectivity index (χ1n) is 7.44. The molecule has 0 atom stereocenters. The molecule has 6 heteroatoms. The molecule has 0 bridgehead atoms. The van der Waals surface area contributed by atoms with Crippen LogP contribution in [0.3, 0.4) is 0 Å². The lowest BCUT2D eigenvalue weighted by molar-refractivity contribution is 0.0697. The molecule has 0 aliphatic carbocycles. The zero-order valence-electron chi connectivity index (χ0n) is 12.5. The summed E-state index contributed by atoms with van der Waals surface area (Å²) < 4.78 is 2.72. The molecule has 1 aromatic carbocycles. The van der Waals surface area contributed by atoms with Gasteiger partial charge in [0.25, 0.3) is 5.91 Å². The number of nitrogens with zero attached hydrogens (tertiary/aromatic N) is 3. The van der Waals surface area contributed by atoms with E-state index in [9.17, 15) is 4.79 Å². The highest BCUT2D eigenvalue weighted by molar-refractivity contribution is 9.10. The quantitative estimate of drug-likeness (QED) is 0.912. The normalized spacial score (nSPS) is 15.7. The second-order valence-electron chi connectivity index (χ2n) is 5.52. The van der Waals surface area contributed by atoms with E-state index in [0.717, 1.165) is 36.1 Å². The van der Waals surface area contributed by atoms with E-state index >= 15 is 0 Å². The van der Waals surface area contributed by atoms with Crippen LogP contribution in [0, 0.1) is 0 Å². The van der Waals surface area contributed by atoms with E-state index in [1.807, 2.05) is 42.4 Å². The summed E-state index contributed by atoms with van der Waals surface area (Å²) in [5.41, 5.74) is 1.42. The number of aromatic nitrogens is 2. The lowest BCUT2D eigenvalue weighted by atomic mass is 10.1. The highest BCUT2D eigenvalue weighted by Crippen LogP contribution is 2.17. The van der Waals surface area contributed by atoms with Crippen LogP contribution in [0.2, 0.25) is 0 Å². The average molecular weight is 363 g/mol. The Morgan fingerprint density at radius 2 is 2.14 bits per heavy atom. The summed E-state index contributed by atoms with van der Waals surface area (Å²) in [5.74, 6) is -0.0133. The van der Waals surface area contributed by atoms with Crippen molar-refractivity contribution in [3.8, 4) is 5.69 Å². The van der Waals surface area contributed by atoms with Crippen molar-refractivity contribution >= 4 is 21.8 Å². The molecule has 2 heterocycles. The molecule has 2 aromatic rings. The molecule has 0 unspecified atom stereocenters. The molecule has 0 radical (unpaired) electrons. The first kappa shape index (κ1) is 15.2. The van der Waals surface area contributed by atoms with Crippen LogP contribution in [-0.2, 0) is 0 Å². The monoisotopic (exact) mass is 362 g/mol. The van der Waals surface area contributed by atoms with Gasteiger partial charge in [-0.2, -0.15) is 5.10 Å². The summed E-state index contributed by atoms with van der Waals surface area (Å²) >= 11 is 3.45. The van der Waals surface area contributed by atoms with Gasteiger partial charge in [0.15, 0.2) is 5.69 Å². The maximum atomic E-state index is 12.6. The summed E-state index contributed by atoms with van der Waals surface area (Å²) in [5, 5.41) is 7.74. The summed E-state index contributed by atoms with van der Waals surface area (Å²) in [7, 11) is 1.87. The van der Waals surface area contributed by atoms with Crippen LogP contribution >= 0.6 is 15.9 Å². The van der Waals surface area contributed by atoms with Gasteiger partial charge in [0.05, 0.1) is 5.69 Å². The molecule has 22 heavy (non-hydrogen) atoms. The van der Waals surface area contributed by atoms with Gasteiger partial charge >= 0.3 is 0 Å². The minimum atomic E-state index is -0.0133. The van der Waals surface area contributed by atoms with Crippen LogP contribution in [0.1, 0.15) is 23.3 Å². The Balaban J connectivity index is 1.76. The minimum Gasteiger partial charge on any atom is -0.337 e. The number of piperidine rings is 1. The maximum Gasteiger partial charge on any atom is 0.274 e. The number of nitrogens with one attached hydrogen (secondary N) is 1. The van der Waals surface area contributed by atoms with Crippen molar-refractivity contribution in [2.24, 2.45) is 0 Å². The van der Waals surface area contributed by atoms with Crippen LogP contribution in [-0.4, -0.2) is 46.8 Å². The van der Waals surface area contributed by atoms with Crippen molar-refractivity contribution in [2.75, 3.05) is 20.1 Å². The van der Waals surface area contributed by atoms with Gasteiger partial charge in [-0.3, -0.25) is 4.79 Å². The number of benzene rings is 1. The predicted molar refractivity (Wildman–Crippen MR) is 89.2 cm³/mol. The summed E-state index contributed by atoms with van der Waals surface area (Å²) in [6, 6.07) is 9.92. The second kappa shape index (κ2) is 6.62. The van der Waals surface area contributed by atoms with Gasteiger partial charge in [-0.15, -0.1) is 0 Å². The summed E-state index contributed by atoms with van der Waals surface area (Å²) in [6.07, 6.45) is 3.81. The third-order valence-corrected chi connectivity index (χ3v) is 4.55. The number of carbonyl (C=O) groups excluding carboxylic acids is 1. The first-order valence-corrected chi connectivity index (χ1v) is 8.24. The molecule has 1 aliphatic heterocycles. The topological polar surface area (TPSA) is 50.2 Å². The molecule has 0 saturated carbocycles. The van der Waals surface area contributed by atoms with Crippen molar-refractivity contribution in [1.29, 1.82) is 0 Å². The van der Waals surface area contributed by atoms with E-state index in [0.29, 0.717) is 11.7 Å². The van der Waals surface area contributed by atoms with E-state index in [4.69, 9.17) is 0 Å². The molecule has 1 amide bonds. The molecule has 1 aromatic heterocycles. The smallest absolute Gasteiger partial charge is 0.274 e. The van der Waals surface area contributed by atoms with Crippen molar-refractivity contribution in [3.05, 3.63) is 46.7 Å². The summed E-state index contributed by atoms with van der Waals surface area (Å²) in [6.45, 7) is 1.93. The van der Waals surface area contributed by atoms with Crippen LogP contribution in [0.15, 0.2) is 41.0 Å². The van der Waals surface area contributed by atoms with Gasteiger partial charge in [0.1, 0.15) is 0 Å². The lowest BCUT2D eigenvalue weighted by Gasteiger charge is -2.31. The molecular weight excluding hydrogens is 344 g/mol. The number of carbonyl (C=O) groups is 1. The van der Waals surface area contributed by atoms with E-state index < -0.39 is 0 Å². The Hall–Kier alpha value is -1.66. The van der Waals surface area contributed by atoms with E-state index in [2.05, 4.69) is 26.3 Å². The molecule has 1 N–H and O–H groups in total. The lowest BCUT2D eigenvalue weighted by Crippen LogP contribution is -2.44. The van der Waals surface area contributed by atoms with E-state index in [1.54, 1.807) is 10.7 Å². The molecule has 1 saturated heterocycles. The SMILES string of the molecule is CN(C(=O)c1ccn(-c2cccc(Br)c2)n1)C1CCNCC1. The molecular formula is C16H19BrN4O. The third kappa shape index (κ3) is 3.23. The Morgan fingerprint density at radius 3 is 2.86 bits per heavy atom. The fourth-order valence-electron chi connectivity index (χ4n) is 2.74. The van der Waals surface area contributed by atoms with Gasteiger partial charge in [0, 0.05) is 23.8 Å². The van der Waals surface area contributed by atoms with Gasteiger partial charge in [0.2, 0.25) is 0 Å². The fourth-order valence-corrected chi connectivity index (χ4v) is 3.13. The van der Waals surface area contributed by atoms with Gasteiger partial charge < -0.3 is 10.2 Å². The van der Waals surface area contributed by atoms with Gasteiger partial charge in [-0.1, -0.05) is 22.0 Å². The molecule has 1 fully saturated rings. The van der Waals surface area contributed by atoms with Crippen LogP contribution in [0.25, 0.3) is 5.69 Å². The van der Waals surface area contributed by atoms with Crippen LogP contribution < -0.4 is 5.32 Å². The Morgan fingerprint density at radius 1 is 1.36 bits per heavy atom. The van der Waals surface area contributed by atoms with E-state index in [1.165, 1.54) is 0 Å². The standard InChI is InChI=1S/C16H19BrN4O/c1-20(13-5-8-18-9-6-13)16(22)15-7-10-21(19-15)14-4-2-3-12(17)11-14/h2-4,7,10-11,13,18H,5-6,8-9H2,1H3. The van der Waals surface area contributed by atoms with Crippen LogP contribution in [0.4, 0.5) is 0 Å². The minimum absolute atomic E-state index is 0.0133.